The molecule has 0 radical (unpaired) electrons. The Hall–Kier alpha value is -3.55. The predicted molar refractivity (Wildman–Crippen MR) is 112 cm³/mol. The largest absolute Gasteiger partial charge is 0.497 e. The van der Waals surface area contributed by atoms with Gasteiger partial charge in [0.25, 0.3) is 5.91 Å². The van der Waals surface area contributed by atoms with E-state index in [-0.39, 0.29) is 24.2 Å². The van der Waals surface area contributed by atoms with E-state index in [0.29, 0.717) is 24.7 Å². The highest BCUT2D eigenvalue weighted by Crippen LogP contribution is 2.36. The standard InChI is InChI=1S/C22H24N4O4/c1-29-18-9-11-19(12-10-18)30-15-20(27)23-13-14-25-22(28)26(17-7-8-17)21(24-25)16-5-3-2-4-6-16/h2-6,9-12,17H,7-8,13-15H2,1H3,(H,23,27). The maximum atomic E-state index is 12.8. The van der Waals surface area contributed by atoms with Crippen LogP contribution in [-0.4, -0.2) is 40.5 Å². The summed E-state index contributed by atoms with van der Waals surface area (Å²) in [5.41, 5.74) is 0.775. The zero-order chi connectivity index (χ0) is 20.9. The summed E-state index contributed by atoms with van der Waals surface area (Å²) in [7, 11) is 1.59. The Balaban J connectivity index is 1.33. The fraction of sp³-hybridized carbons (Fsp3) is 0.318. The van der Waals surface area contributed by atoms with Crippen molar-refractivity contribution in [3.05, 3.63) is 65.1 Å². The lowest BCUT2D eigenvalue weighted by Crippen LogP contribution is -2.34. The van der Waals surface area contributed by atoms with Gasteiger partial charge in [0, 0.05) is 18.2 Å². The number of methoxy groups -OCH3 is 1. The molecular formula is C22H24N4O4. The van der Waals surface area contributed by atoms with Crippen LogP contribution in [0.5, 0.6) is 11.5 Å². The van der Waals surface area contributed by atoms with E-state index in [4.69, 9.17) is 9.47 Å². The summed E-state index contributed by atoms with van der Waals surface area (Å²) in [4.78, 5) is 24.9. The number of amides is 1. The molecule has 4 rings (SSSR count). The van der Waals surface area contributed by atoms with Crippen LogP contribution in [0.15, 0.2) is 59.4 Å². The maximum Gasteiger partial charge on any atom is 0.346 e. The molecule has 0 spiro atoms. The van der Waals surface area contributed by atoms with Crippen molar-refractivity contribution in [3.8, 4) is 22.9 Å². The zero-order valence-electron chi connectivity index (χ0n) is 16.8. The highest BCUT2D eigenvalue weighted by Gasteiger charge is 2.30. The minimum atomic E-state index is -0.260. The summed E-state index contributed by atoms with van der Waals surface area (Å²) in [6.45, 7) is 0.486. The molecule has 0 saturated heterocycles. The second kappa shape index (κ2) is 8.86. The zero-order valence-corrected chi connectivity index (χ0v) is 16.8. The maximum absolute atomic E-state index is 12.8. The fourth-order valence-corrected chi connectivity index (χ4v) is 3.18. The lowest BCUT2D eigenvalue weighted by atomic mass is 10.2. The number of ether oxygens (including phenoxy) is 2. The van der Waals surface area contributed by atoms with Crippen molar-refractivity contribution < 1.29 is 14.3 Å². The molecule has 156 valence electrons. The van der Waals surface area contributed by atoms with Crippen LogP contribution in [0.4, 0.5) is 0 Å². The number of benzene rings is 2. The van der Waals surface area contributed by atoms with E-state index >= 15 is 0 Å². The third-order valence-electron chi connectivity index (χ3n) is 4.89. The highest BCUT2D eigenvalue weighted by molar-refractivity contribution is 5.77. The number of carbonyl (C=O) groups excluding carboxylic acids is 1. The monoisotopic (exact) mass is 408 g/mol. The Kier molecular flexibility index (Phi) is 5.83. The van der Waals surface area contributed by atoms with Crippen molar-refractivity contribution in [2.45, 2.75) is 25.4 Å². The molecular weight excluding hydrogens is 384 g/mol. The van der Waals surface area contributed by atoms with Gasteiger partial charge < -0.3 is 14.8 Å². The van der Waals surface area contributed by atoms with Crippen LogP contribution in [-0.2, 0) is 11.3 Å². The van der Waals surface area contributed by atoms with Gasteiger partial charge in [0.2, 0.25) is 0 Å². The Labute approximate surface area is 174 Å². The summed E-state index contributed by atoms with van der Waals surface area (Å²) in [5, 5.41) is 7.29. The van der Waals surface area contributed by atoms with Crippen molar-refractivity contribution in [2.24, 2.45) is 0 Å². The van der Waals surface area contributed by atoms with Gasteiger partial charge in [0.05, 0.1) is 13.7 Å². The molecule has 30 heavy (non-hydrogen) atoms. The van der Waals surface area contributed by atoms with Gasteiger partial charge in [-0.05, 0) is 37.1 Å². The molecule has 1 aromatic heterocycles. The minimum absolute atomic E-state index is 0.104. The number of aromatic nitrogens is 3. The third-order valence-corrected chi connectivity index (χ3v) is 4.89. The second-order valence-electron chi connectivity index (χ2n) is 7.11. The highest BCUT2D eigenvalue weighted by atomic mass is 16.5. The van der Waals surface area contributed by atoms with Crippen molar-refractivity contribution in [1.82, 2.24) is 19.7 Å². The molecule has 0 bridgehead atoms. The first-order valence-corrected chi connectivity index (χ1v) is 9.94. The van der Waals surface area contributed by atoms with Gasteiger partial charge in [-0.3, -0.25) is 9.36 Å². The number of carbonyl (C=O) groups is 1. The molecule has 8 heteroatoms. The summed E-state index contributed by atoms with van der Waals surface area (Å²) in [6.07, 6.45) is 1.98. The molecule has 1 N–H and O–H groups in total. The van der Waals surface area contributed by atoms with Crippen LogP contribution in [0.25, 0.3) is 11.4 Å². The number of hydrogen-bond donors (Lipinski definition) is 1. The number of rotatable bonds is 9. The molecule has 0 aliphatic heterocycles. The van der Waals surface area contributed by atoms with Gasteiger partial charge in [-0.2, -0.15) is 0 Å². The van der Waals surface area contributed by atoms with Gasteiger partial charge in [-0.1, -0.05) is 30.3 Å². The first kappa shape index (κ1) is 19.8. The van der Waals surface area contributed by atoms with Crippen LogP contribution < -0.4 is 20.5 Å². The van der Waals surface area contributed by atoms with Crippen molar-refractivity contribution >= 4 is 5.91 Å². The van der Waals surface area contributed by atoms with E-state index in [2.05, 4.69) is 10.4 Å². The van der Waals surface area contributed by atoms with Crippen LogP contribution >= 0.6 is 0 Å². The average Bonchev–Trinajstić information content (AvgIpc) is 3.57. The predicted octanol–water partition coefficient (Wildman–Crippen LogP) is 2.25. The smallest absolute Gasteiger partial charge is 0.346 e. The van der Waals surface area contributed by atoms with Crippen molar-refractivity contribution in [3.63, 3.8) is 0 Å². The van der Waals surface area contributed by atoms with E-state index in [1.807, 2.05) is 30.3 Å². The van der Waals surface area contributed by atoms with Gasteiger partial charge in [0.1, 0.15) is 11.5 Å². The van der Waals surface area contributed by atoms with Crippen LogP contribution in [0.3, 0.4) is 0 Å². The van der Waals surface area contributed by atoms with E-state index in [9.17, 15) is 9.59 Å². The van der Waals surface area contributed by atoms with Crippen LogP contribution in [0, 0.1) is 0 Å². The Morgan fingerprint density at radius 2 is 1.80 bits per heavy atom. The van der Waals surface area contributed by atoms with Crippen molar-refractivity contribution in [2.75, 3.05) is 20.3 Å². The quantitative estimate of drug-likeness (QED) is 0.587. The molecule has 8 nitrogen and oxygen atoms in total. The molecule has 1 aliphatic rings. The van der Waals surface area contributed by atoms with E-state index in [1.54, 1.807) is 35.9 Å². The molecule has 1 aliphatic carbocycles. The first-order valence-electron chi connectivity index (χ1n) is 9.94. The van der Waals surface area contributed by atoms with Gasteiger partial charge in [-0.15, -0.1) is 5.10 Å². The second-order valence-corrected chi connectivity index (χ2v) is 7.11. The van der Waals surface area contributed by atoms with Gasteiger partial charge in [0.15, 0.2) is 12.4 Å². The summed E-state index contributed by atoms with van der Waals surface area (Å²) in [6, 6.07) is 16.9. The molecule has 0 atom stereocenters. The third kappa shape index (κ3) is 4.53. The van der Waals surface area contributed by atoms with E-state index < -0.39 is 0 Å². The SMILES string of the molecule is COc1ccc(OCC(=O)NCCn2nc(-c3ccccc3)n(C3CC3)c2=O)cc1. The number of nitrogens with one attached hydrogen (secondary N) is 1. The Morgan fingerprint density at radius 1 is 1.10 bits per heavy atom. The van der Waals surface area contributed by atoms with Crippen LogP contribution in [0.2, 0.25) is 0 Å². The molecule has 1 fully saturated rings. The Bertz CT molecular complexity index is 1050. The van der Waals surface area contributed by atoms with E-state index in [0.717, 1.165) is 24.2 Å². The van der Waals surface area contributed by atoms with E-state index in [1.165, 1.54) is 4.68 Å². The van der Waals surface area contributed by atoms with Gasteiger partial charge in [-0.25, -0.2) is 9.48 Å². The molecule has 3 aromatic rings. The molecule has 1 heterocycles. The molecule has 0 unspecified atom stereocenters. The number of hydrogen-bond acceptors (Lipinski definition) is 5. The lowest BCUT2D eigenvalue weighted by Gasteiger charge is -2.08. The summed E-state index contributed by atoms with van der Waals surface area (Å²) >= 11 is 0. The molecule has 1 amide bonds. The summed E-state index contributed by atoms with van der Waals surface area (Å²) in [5.74, 6) is 1.72. The van der Waals surface area contributed by atoms with Crippen LogP contribution in [0.1, 0.15) is 18.9 Å². The first-order chi connectivity index (χ1) is 14.7. The topological polar surface area (TPSA) is 87.4 Å². The minimum Gasteiger partial charge on any atom is -0.497 e. The van der Waals surface area contributed by atoms with Gasteiger partial charge >= 0.3 is 5.69 Å². The fourth-order valence-electron chi connectivity index (χ4n) is 3.18. The summed E-state index contributed by atoms with van der Waals surface area (Å²) < 4.78 is 13.7. The average molecular weight is 408 g/mol. The lowest BCUT2D eigenvalue weighted by molar-refractivity contribution is -0.123. The normalized spacial score (nSPS) is 13.1. The number of nitrogens with zero attached hydrogens (tertiary/aromatic N) is 3. The Morgan fingerprint density at radius 3 is 2.47 bits per heavy atom. The molecule has 1 saturated carbocycles. The van der Waals surface area contributed by atoms with Crippen molar-refractivity contribution in [1.29, 1.82) is 0 Å². The molecule has 2 aromatic carbocycles.